The molecule has 1 aliphatic heterocycles. The molecule has 2 fully saturated rings. The second-order valence-electron chi connectivity index (χ2n) is 13.8. The Balaban J connectivity index is 0.931. The Kier molecular flexibility index (Phi) is 12.4. The number of hydrogen-bond donors (Lipinski definition) is 2. The van der Waals surface area contributed by atoms with E-state index in [2.05, 4.69) is 26.5 Å². The van der Waals surface area contributed by atoms with Crippen LogP contribution in [-0.4, -0.2) is 67.2 Å². The molecule has 6 rings (SSSR count). The van der Waals surface area contributed by atoms with Gasteiger partial charge in [0.2, 0.25) is 35.1 Å². The second-order valence-corrected chi connectivity index (χ2v) is 15.0. The average Bonchev–Trinajstić information content (AvgIpc) is 3.66. The summed E-state index contributed by atoms with van der Waals surface area (Å²) in [5, 5.41) is 3.17. The number of esters is 1. The van der Waals surface area contributed by atoms with Crippen molar-refractivity contribution in [2.24, 2.45) is 11.8 Å². The molecule has 1 saturated carbocycles. The predicted molar refractivity (Wildman–Crippen MR) is 195 cm³/mol. The number of likely N-dealkylation sites (tertiary alicyclic amines) is 1. The molecule has 2 aliphatic rings. The standard InChI is InChI=1S/C38H42F4N6O5S/c1-2-3-10-28-46-33-34(23-8-4-5-9-26(23)45-36(33)43)47(28)16-7-6-15-44-37(51)22-13-11-21(12-14-22)19-48-29(49)18-27(38(48)52)54-20-30(50)53-35-31(41)24(39)17-25(40)32(35)42/h4-5,8-9,17,21-22,27H,2-3,6-7,10-16,18-20H2,1H3,(H2,43,45)(H,44,51)/t21-,22-,27?. The SMILES string of the molecule is CCCCc1nc2c(N)nc3ccccc3c2n1CCCCNC(=O)[C@H]1CC[C@H](CN2C(=O)CC(SCC(=O)Oc3c(F)c(F)cc(F)c3F)C2=O)CC1. The molecular formula is C38H42F4N6O5S. The zero-order valence-electron chi connectivity index (χ0n) is 29.8. The third-order valence-corrected chi connectivity index (χ3v) is 11.3. The predicted octanol–water partition coefficient (Wildman–Crippen LogP) is 6.23. The van der Waals surface area contributed by atoms with Crippen molar-refractivity contribution in [3.63, 3.8) is 0 Å². The molecule has 11 nitrogen and oxygen atoms in total. The van der Waals surface area contributed by atoms with Gasteiger partial charge in [0, 0.05) is 49.8 Å². The first kappa shape index (κ1) is 39.0. The molecule has 288 valence electrons. The highest BCUT2D eigenvalue weighted by atomic mass is 32.2. The van der Waals surface area contributed by atoms with Crippen LogP contribution in [0.2, 0.25) is 0 Å². The number of nitrogens with zero attached hydrogens (tertiary/aromatic N) is 4. The Morgan fingerprint density at radius 3 is 2.44 bits per heavy atom. The van der Waals surface area contributed by atoms with E-state index < -0.39 is 57.8 Å². The fourth-order valence-corrected chi connectivity index (χ4v) is 8.14. The number of fused-ring (bicyclic) bond motifs is 3. The summed E-state index contributed by atoms with van der Waals surface area (Å²) in [7, 11) is 0. The van der Waals surface area contributed by atoms with Crippen LogP contribution in [0.15, 0.2) is 30.3 Å². The number of nitrogens with one attached hydrogen (secondary N) is 1. The van der Waals surface area contributed by atoms with E-state index in [-0.39, 0.29) is 36.8 Å². The van der Waals surface area contributed by atoms with E-state index in [0.717, 1.165) is 83.1 Å². The van der Waals surface area contributed by atoms with Crippen molar-refractivity contribution in [1.29, 1.82) is 0 Å². The third kappa shape index (κ3) is 8.48. The monoisotopic (exact) mass is 770 g/mol. The Hall–Kier alpha value is -4.73. The maximum atomic E-state index is 13.9. The molecule has 0 spiro atoms. The van der Waals surface area contributed by atoms with Crippen LogP contribution in [0.3, 0.4) is 0 Å². The second kappa shape index (κ2) is 17.2. The Bertz CT molecular complexity index is 2040. The van der Waals surface area contributed by atoms with Gasteiger partial charge in [-0.2, -0.15) is 8.78 Å². The summed E-state index contributed by atoms with van der Waals surface area (Å²) in [5.74, 6) is -10.2. The van der Waals surface area contributed by atoms with Crippen LogP contribution < -0.4 is 15.8 Å². The van der Waals surface area contributed by atoms with Crippen molar-refractivity contribution in [2.75, 3.05) is 24.6 Å². The van der Waals surface area contributed by atoms with Gasteiger partial charge in [0.25, 0.3) is 0 Å². The summed E-state index contributed by atoms with van der Waals surface area (Å²) < 4.78 is 61.3. The van der Waals surface area contributed by atoms with Crippen LogP contribution in [0.4, 0.5) is 23.4 Å². The maximum Gasteiger partial charge on any atom is 0.321 e. The third-order valence-electron chi connectivity index (χ3n) is 10.1. The number of amides is 3. The van der Waals surface area contributed by atoms with Gasteiger partial charge < -0.3 is 20.4 Å². The van der Waals surface area contributed by atoms with Crippen molar-refractivity contribution >= 4 is 63.2 Å². The fraction of sp³-hybridized carbons (Fsp3) is 0.474. The van der Waals surface area contributed by atoms with Crippen LogP contribution in [0.5, 0.6) is 5.75 Å². The van der Waals surface area contributed by atoms with Gasteiger partial charge in [-0.05, 0) is 56.9 Å². The van der Waals surface area contributed by atoms with Crippen LogP contribution in [0.1, 0.15) is 70.5 Å². The summed E-state index contributed by atoms with van der Waals surface area (Å²) in [6, 6.07) is 7.90. The van der Waals surface area contributed by atoms with Crippen LogP contribution >= 0.6 is 11.8 Å². The summed E-state index contributed by atoms with van der Waals surface area (Å²) in [6.07, 6.45) is 6.87. The number of nitrogen functional groups attached to an aromatic ring is 1. The number of rotatable bonds is 15. The van der Waals surface area contributed by atoms with Crippen molar-refractivity contribution in [3.8, 4) is 5.75 Å². The van der Waals surface area contributed by atoms with Crippen molar-refractivity contribution in [1.82, 2.24) is 24.8 Å². The number of unbranched alkanes of at least 4 members (excludes halogenated alkanes) is 2. The van der Waals surface area contributed by atoms with E-state index in [1.807, 2.05) is 24.3 Å². The van der Waals surface area contributed by atoms with E-state index in [0.29, 0.717) is 38.0 Å². The number of hydrogen-bond acceptors (Lipinski definition) is 9. The molecule has 1 atom stereocenters. The molecule has 54 heavy (non-hydrogen) atoms. The minimum atomic E-state index is -1.86. The molecule has 16 heteroatoms. The maximum absolute atomic E-state index is 13.9. The Morgan fingerprint density at radius 1 is 1.00 bits per heavy atom. The number of imidazole rings is 1. The van der Waals surface area contributed by atoms with E-state index in [4.69, 9.17) is 10.7 Å². The molecule has 4 aromatic rings. The van der Waals surface area contributed by atoms with E-state index >= 15 is 0 Å². The summed E-state index contributed by atoms with van der Waals surface area (Å²) in [4.78, 5) is 61.5. The largest absolute Gasteiger partial charge is 0.419 e. The molecule has 1 unspecified atom stereocenters. The Labute approximate surface area is 313 Å². The number of halogens is 4. The number of imide groups is 1. The minimum Gasteiger partial charge on any atom is -0.419 e. The lowest BCUT2D eigenvalue weighted by molar-refractivity contribution is -0.139. The van der Waals surface area contributed by atoms with Gasteiger partial charge in [-0.15, -0.1) is 11.8 Å². The number of ether oxygens (including phenoxy) is 1. The number of anilines is 1. The zero-order valence-corrected chi connectivity index (χ0v) is 30.7. The number of aryl methyl sites for hydroxylation is 2. The topological polar surface area (TPSA) is 150 Å². The highest BCUT2D eigenvalue weighted by Gasteiger charge is 2.41. The average molecular weight is 771 g/mol. The van der Waals surface area contributed by atoms with Gasteiger partial charge in [0.1, 0.15) is 11.3 Å². The summed E-state index contributed by atoms with van der Waals surface area (Å²) >= 11 is 0.744. The fourth-order valence-electron chi connectivity index (χ4n) is 7.22. The van der Waals surface area contributed by atoms with E-state index in [9.17, 15) is 36.7 Å². The van der Waals surface area contributed by atoms with Crippen LogP contribution in [0, 0.1) is 35.1 Å². The molecular weight excluding hydrogens is 729 g/mol. The first-order chi connectivity index (χ1) is 26.0. The Morgan fingerprint density at radius 2 is 1.72 bits per heavy atom. The molecule has 0 radical (unpaired) electrons. The smallest absolute Gasteiger partial charge is 0.321 e. The van der Waals surface area contributed by atoms with Gasteiger partial charge in [0.05, 0.1) is 22.0 Å². The molecule has 3 amide bonds. The molecule has 3 heterocycles. The molecule has 2 aromatic carbocycles. The number of nitrogens with two attached hydrogens (primary N) is 1. The van der Waals surface area contributed by atoms with Crippen molar-refractivity contribution < 1.29 is 41.5 Å². The number of pyridine rings is 1. The zero-order chi connectivity index (χ0) is 38.5. The molecule has 3 N–H and O–H groups in total. The number of carbonyl (C=O) groups excluding carboxylic acids is 4. The van der Waals surface area contributed by atoms with Gasteiger partial charge in [-0.25, -0.2) is 18.7 Å². The van der Waals surface area contributed by atoms with E-state index in [1.165, 1.54) is 0 Å². The lowest BCUT2D eigenvalue weighted by atomic mass is 9.81. The van der Waals surface area contributed by atoms with E-state index in [1.54, 1.807) is 0 Å². The lowest BCUT2D eigenvalue weighted by Crippen LogP contribution is -2.39. The number of para-hydroxylation sites is 1. The summed E-state index contributed by atoms with van der Waals surface area (Å²) in [5.41, 5.74) is 8.86. The molecule has 1 aliphatic carbocycles. The van der Waals surface area contributed by atoms with Crippen LogP contribution in [-0.2, 0) is 32.1 Å². The van der Waals surface area contributed by atoms with Gasteiger partial charge in [-0.1, -0.05) is 31.5 Å². The molecule has 0 bridgehead atoms. The van der Waals surface area contributed by atoms with Gasteiger partial charge in [0.15, 0.2) is 17.5 Å². The minimum absolute atomic E-state index is 0.00701. The van der Waals surface area contributed by atoms with Gasteiger partial charge in [-0.3, -0.25) is 24.1 Å². The highest BCUT2D eigenvalue weighted by Crippen LogP contribution is 2.34. The quantitative estimate of drug-likeness (QED) is 0.0358. The first-order valence-corrected chi connectivity index (χ1v) is 19.3. The van der Waals surface area contributed by atoms with Crippen molar-refractivity contribution in [3.05, 3.63) is 59.4 Å². The normalized spacial score (nSPS) is 18.9. The van der Waals surface area contributed by atoms with Gasteiger partial charge >= 0.3 is 5.97 Å². The number of aromatic nitrogens is 3. The number of benzene rings is 2. The van der Waals surface area contributed by atoms with Crippen molar-refractivity contribution in [2.45, 2.75) is 82.9 Å². The summed E-state index contributed by atoms with van der Waals surface area (Å²) in [6.45, 7) is 3.60. The number of thioether (sulfide) groups is 1. The molecule has 2 aromatic heterocycles. The van der Waals surface area contributed by atoms with Crippen LogP contribution in [0.25, 0.3) is 21.9 Å². The number of carbonyl (C=O) groups is 4. The lowest BCUT2D eigenvalue weighted by Gasteiger charge is -2.30. The molecule has 1 saturated heterocycles. The first-order valence-electron chi connectivity index (χ1n) is 18.3. The highest BCUT2D eigenvalue weighted by molar-refractivity contribution is 8.01.